The van der Waals surface area contributed by atoms with Crippen LogP contribution in [0.2, 0.25) is 0 Å². The minimum atomic E-state index is -2.99. The second-order valence-electron chi connectivity index (χ2n) is 7.04. The Labute approximate surface area is 156 Å². The summed E-state index contributed by atoms with van der Waals surface area (Å²) in [5.74, 6) is -3.03. The van der Waals surface area contributed by atoms with Gasteiger partial charge in [-0.1, -0.05) is 30.3 Å². The predicted molar refractivity (Wildman–Crippen MR) is 95.7 cm³/mol. The molecule has 1 aromatic heterocycles. The first-order valence-electron chi connectivity index (χ1n) is 9.12. The number of carbonyl (C=O) groups excluding carboxylic acids is 1. The Balaban J connectivity index is 1.47. The molecule has 1 aromatic carbocycles. The standard InChI is InChI=1S/C18H22F2N6O/c19-18(20)12-24(11-14-5-2-1-3-6-14)9-10-25(13-18)16(27)15-22-17-21-7-4-8-26(17)23-15/h1-3,5-6H,4,7-13H2,(H,21,22,23). The molecule has 27 heavy (non-hydrogen) atoms. The smallest absolute Gasteiger partial charge is 0.293 e. The molecule has 3 heterocycles. The number of alkyl halides is 2. The summed E-state index contributed by atoms with van der Waals surface area (Å²) in [4.78, 5) is 19.8. The Hall–Kier alpha value is -2.55. The first-order valence-corrected chi connectivity index (χ1v) is 9.12. The van der Waals surface area contributed by atoms with E-state index in [2.05, 4.69) is 15.4 Å². The van der Waals surface area contributed by atoms with Crippen LogP contribution in [-0.2, 0) is 13.1 Å². The van der Waals surface area contributed by atoms with Gasteiger partial charge in [0.15, 0.2) is 0 Å². The van der Waals surface area contributed by atoms with Gasteiger partial charge in [-0.15, -0.1) is 5.10 Å². The molecule has 1 N–H and O–H groups in total. The lowest BCUT2D eigenvalue weighted by Crippen LogP contribution is -2.42. The zero-order chi connectivity index (χ0) is 18.9. The van der Waals surface area contributed by atoms with E-state index in [1.165, 1.54) is 4.90 Å². The van der Waals surface area contributed by atoms with Crippen LogP contribution in [-0.4, -0.2) is 69.1 Å². The van der Waals surface area contributed by atoms with Gasteiger partial charge in [-0.25, -0.2) is 13.5 Å². The Morgan fingerprint density at radius 3 is 2.74 bits per heavy atom. The SMILES string of the molecule is O=C(c1nc2n(n1)CCCN2)N1CCN(Cc2ccccc2)CC(F)(F)C1. The van der Waals surface area contributed by atoms with Gasteiger partial charge < -0.3 is 10.2 Å². The van der Waals surface area contributed by atoms with E-state index >= 15 is 0 Å². The number of nitrogens with zero attached hydrogens (tertiary/aromatic N) is 5. The number of benzene rings is 1. The normalized spacial score (nSPS) is 19.9. The highest BCUT2D eigenvalue weighted by Crippen LogP contribution is 2.23. The van der Waals surface area contributed by atoms with Gasteiger partial charge in [0.1, 0.15) is 0 Å². The second kappa shape index (κ2) is 7.22. The largest absolute Gasteiger partial charge is 0.354 e. The molecule has 2 aromatic rings. The van der Waals surface area contributed by atoms with Gasteiger partial charge >= 0.3 is 0 Å². The Kier molecular flexibility index (Phi) is 4.77. The molecule has 2 aliphatic heterocycles. The molecule has 0 unspecified atom stereocenters. The molecule has 0 atom stereocenters. The molecule has 1 amide bonds. The third-order valence-corrected chi connectivity index (χ3v) is 4.79. The van der Waals surface area contributed by atoms with Crippen LogP contribution in [0.4, 0.5) is 14.7 Å². The number of carbonyl (C=O) groups is 1. The zero-order valence-electron chi connectivity index (χ0n) is 14.9. The van der Waals surface area contributed by atoms with Crippen LogP contribution in [0.5, 0.6) is 0 Å². The molecule has 7 nitrogen and oxygen atoms in total. The van der Waals surface area contributed by atoms with Crippen LogP contribution < -0.4 is 5.32 Å². The number of aromatic nitrogens is 3. The maximum absolute atomic E-state index is 14.5. The summed E-state index contributed by atoms with van der Waals surface area (Å²) in [6.45, 7) is 1.47. The van der Waals surface area contributed by atoms with Crippen molar-refractivity contribution in [2.75, 3.05) is 38.0 Å². The summed E-state index contributed by atoms with van der Waals surface area (Å²) >= 11 is 0. The number of hydrogen-bond donors (Lipinski definition) is 1. The van der Waals surface area contributed by atoms with Gasteiger partial charge in [0, 0.05) is 32.7 Å². The highest BCUT2D eigenvalue weighted by Gasteiger charge is 2.39. The fourth-order valence-electron chi connectivity index (χ4n) is 3.52. The fourth-order valence-corrected chi connectivity index (χ4v) is 3.52. The molecule has 1 fully saturated rings. The molecule has 4 rings (SSSR count). The van der Waals surface area contributed by atoms with Gasteiger partial charge in [-0.2, -0.15) is 4.98 Å². The van der Waals surface area contributed by atoms with E-state index in [4.69, 9.17) is 0 Å². The number of fused-ring (bicyclic) bond motifs is 1. The second-order valence-corrected chi connectivity index (χ2v) is 7.04. The van der Waals surface area contributed by atoms with Crippen molar-refractivity contribution in [1.82, 2.24) is 24.6 Å². The van der Waals surface area contributed by atoms with Crippen molar-refractivity contribution in [2.24, 2.45) is 0 Å². The van der Waals surface area contributed by atoms with E-state index in [1.54, 1.807) is 9.58 Å². The van der Waals surface area contributed by atoms with Crippen molar-refractivity contribution >= 4 is 11.9 Å². The van der Waals surface area contributed by atoms with Gasteiger partial charge in [-0.05, 0) is 12.0 Å². The molecule has 0 aliphatic carbocycles. The zero-order valence-corrected chi connectivity index (χ0v) is 14.9. The van der Waals surface area contributed by atoms with Gasteiger partial charge in [0.25, 0.3) is 11.8 Å². The average Bonchev–Trinajstić information content (AvgIpc) is 3.02. The highest BCUT2D eigenvalue weighted by molar-refractivity contribution is 5.90. The minimum Gasteiger partial charge on any atom is -0.354 e. The topological polar surface area (TPSA) is 66.3 Å². The van der Waals surface area contributed by atoms with E-state index in [9.17, 15) is 13.6 Å². The molecular formula is C18H22F2N6O. The number of rotatable bonds is 3. The van der Waals surface area contributed by atoms with Crippen molar-refractivity contribution in [3.05, 3.63) is 41.7 Å². The quantitative estimate of drug-likeness (QED) is 0.883. The van der Waals surface area contributed by atoms with Crippen LogP contribution in [0, 0.1) is 0 Å². The molecule has 2 aliphatic rings. The van der Waals surface area contributed by atoms with E-state index in [1.807, 2.05) is 30.3 Å². The van der Waals surface area contributed by atoms with Crippen molar-refractivity contribution in [3.63, 3.8) is 0 Å². The first kappa shape index (κ1) is 17.8. The molecule has 0 saturated carbocycles. The van der Waals surface area contributed by atoms with Crippen molar-refractivity contribution < 1.29 is 13.6 Å². The minimum absolute atomic E-state index is 0.0216. The van der Waals surface area contributed by atoms with Crippen LogP contribution in [0.15, 0.2) is 30.3 Å². The summed E-state index contributed by atoms with van der Waals surface area (Å²) in [5.41, 5.74) is 0.975. The molecule has 9 heteroatoms. The molecule has 0 radical (unpaired) electrons. The number of amides is 1. The lowest BCUT2D eigenvalue weighted by Gasteiger charge is -2.23. The fraction of sp³-hybridized carbons (Fsp3) is 0.500. The third kappa shape index (κ3) is 4.08. The van der Waals surface area contributed by atoms with E-state index in [0.717, 1.165) is 18.5 Å². The maximum Gasteiger partial charge on any atom is 0.293 e. The molecule has 1 saturated heterocycles. The van der Waals surface area contributed by atoms with Gasteiger partial charge in [0.2, 0.25) is 11.8 Å². The van der Waals surface area contributed by atoms with E-state index in [0.29, 0.717) is 25.6 Å². The van der Waals surface area contributed by atoms with E-state index in [-0.39, 0.29) is 18.9 Å². The number of aryl methyl sites for hydroxylation is 1. The highest BCUT2D eigenvalue weighted by atomic mass is 19.3. The van der Waals surface area contributed by atoms with Crippen LogP contribution >= 0.6 is 0 Å². The monoisotopic (exact) mass is 376 g/mol. The summed E-state index contributed by atoms with van der Waals surface area (Å²) in [6.07, 6.45) is 0.889. The predicted octanol–water partition coefficient (Wildman–Crippen LogP) is 1.69. The Morgan fingerprint density at radius 2 is 1.96 bits per heavy atom. The lowest BCUT2D eigenvalue weighted by molar-refractivity contribution is -0.0360. The lowest BCUT2D eigenvalue weighted by atomic mass is 10.2. The Morgan fingerprint density at radius 1 is 1.15 bits per heavy atom. The number of anilines is 1. The van der Waals surface area contributed by atoms with Crippen molar-refractivity contribution in [1.29, 1.82) is 0 Å². The molecule has 0 spiro atoms. The van der Waals surface area contributed by atoms with Crippen LogP contribution in [0.25, 0.3) is 0 Å². The van der Waals surface area contributed by atoms with Crippen LogP contribution in [0.3, 0.4) is 0 Å². The molecular weight excluding hydrogens is 354 g/mol. The summed E-state index contributed by atoms with van der Waals surface area (Å²) in [5, 5.41) is 7.25. The molecule has 0 bridgehead atoms. The van der Waals surface area contributed by atoms with Crippen molar-refractivity contribution in [3.8, 4) is 0 Å². The van der Waals surface area contributed by atoms with E-state index < -0.39 is 18.4 Å². The summed E-state index contributed by atoms with van der Waals surface area (Å²) in [7, 11) is 0. The third-order valence-electron chi connectivity index (χ3n) is 4.79. The van der Waals surface area contributed by atoms with Gasteiger partial charge in [0.05, 0.1) is 13.1 Å². The first-order chi connectivity index (χ1) is 13.0. The number of nitrogens with one attached hydrogen (secondary N) is 1. The molecule has 144 valence electrons. The number of halogens is 2. The Bertz CT molecular complexity index is 786. The van der Waals surface area contributed by atoms with Crippen molar-refractivity contribution in [2.45, 2.75) is 25.4 Å². The maximum atomic E-state index is 14.5. The summed E-state index contributed by atoms with van der Waals surface area (Å²) in [6, 6.07) is 9.51. The van der Waals surface area contributed by atoms with Gasteiger partial charge in [-0.3, -0.25) is 9.69 Å². The average molecular weight is 376 g/mol. The van der Waals surface area contributed by atoms with Crippen LogP contribution in [0.1, 0.15) is 22.6 Å². The number of hydrogen-bond acceptors (Lipinski definition) is 5. The summed E-state index contributed by atoms with van der Waals surface area (Å²) < 4.78 is 30.6.